The molecule has 0 aliphatic heterocycles. The van der Waals surface area contributed by atoms with E-state index in [4.69, 9.17) is 4.79 Å². The van der Waals surface area contributed by atoms with Crippen molar-refractivity contribution in [3.63, 3.8) is 0 Å². The van der Waals surface area contributed by atoms with E-state index in [0.29, 0.717) is 0 Å². The van der Waals surface area contributed by atoms with Crippen LogP contribution in [0.1, 0.15) is 6.92 Å². The molecule has 0 aromatic carbocycles. The van der Waals surface area contributed by atoms with E-state index in [9.17, 15) is 0 Å². The molecule has 0 aliphatic rings. The third-order valence-corrected chi connectivity index (χ3v) is 0. The summed E-state index contributed by atoms with van der Waals surface area (Å²) in [4.78, 5) is 8.68. The van der Waals surface area contributed by atoms with Crippen LogP contribution in [0.3, 0.4) is 0 Å². The number of hydrogen-bond acceptors (Lipinski definition) is 1. The first-order valence-electron chi connectivity index (χ1n) is 0.704. The van der Waals surface area contributed by atoms with Gasteiger partial charge >= 0.3 is 0 Å². The fourth-order valence-electron chi connectivity index (χ4n) is 0. The van der Waals surface area contributed by atoms with E-state index in [0.717, 1.165) is 0 Å². The van der Waals surface area contributed by atoms with Crippen LogP contribution in [0.5, 0.6) is 0 Å². The second-order valence-electron chi connectivity index (χ2n) is 0.204. The van der Waals surface area contributed by atoms with Gasteiger partial charge in [-0.15, -0.1) is 0 Å². The molecule has 22 valence electrons. The Morgan fingerprint density at radius 2 is 1.40 bits per heavy atom. The Kier molecular flexibility index (Phi) is 57.0. The molecule has 0 saturated heterocycles. The molecule has 0 rings (SSSR count). The van der Waals surface area contributed by atoms with Crippen molar-refractivity contribution < 1.29 is 59.4 Å². The van der Waals surface area contributed by atoms with E-state index in [2.05, 4.69) is 0 Å². The van der Waals surface area contributed by atoms with Crippen LogP contribution in [0.15, 0.2) is 0 Å². The summed E-state index contributed by atoms with van der Waals surface area (Å²) in [5.41, 5.74) is 0. The van der Waals surface area contributed by atoms with Gasteiger partial charge in [0.1, 0.15) is 0 Å². The maximum atomic E-state index is 8.68. The Hall–Kier alpha value is 1.51. The van der Waals surface area contributed by atoms with E-state index in [1.165, 1.54) is 13.2 Å². The number of rotatable bonds is 0. The molecular formula is C2H3Cd2O-. The first-order valence-corrected chi connectivity index (χ1v) is 0.704. The topological polar surface area (TPSA) is 17.1 Å². The van der Waals surface area contributed by atoms with Gasteiger partial charge in [0.05, 0.1) is 0 Å². The predicted octanol–water partition coefficient (Wildman–Crippen LogP) is 0.111. The minimum atomic E-state index is 0. The molecule has 0 saturated carbocycles. The monoisotopic (exact) mass is 271 g/mol. The van der Waals surface area contributed by atoms with Gasteiger partial charge in [-0.3, -0.25) is 6.29 Å². The van der Waals surface area contributed by atoms with Crippen molar-refractivity contribution in [3.8, 4) is 0 Å². The van der Waals surface area contributed by atoms with Crippen LogP contribution >= 0.6 is 0 Å². The number of carbonyl (C=O) groups excluding carboxylic acids is 1. The maximum Gasteiger partial charge on any atom is 0 e. The largest absolute Gasteiger partial charge is 0.542 e. The molecule has 0 heterocycles. The fourth-order valence-corrected chi connectivity index (χ4v) is 0. The summed E-state index contributed by atoms with van der Waals surface area (Å²) in [6.45, 7) is 1.32. The van der Waals surface area contributed by atoms with Crippen LogP contribution < -0.4 is 0 Å². The summed E-state index contributed by atoms with van der Waals surface area (Å²) >= 11 is 0. The van der Waals surface area contributed by atoms with Gasteiger partial charge in [-0.05, 0) is 0 Å². The zero-order valence-corrected chi connectivity index (χ0v) is 11.4. The zero-order valence-electron chi connectivity index (χ0n) is 3.32. The minimum absolute atomic E-state index is 0. The Morgan fingerprint density at radius 1 is 1.40 bits per heavy atom. The van der Waals surface area contributed by atoms with E-state index in [-0.39, 0.29) is 54.6 Å². The average Bonchev–Trinajstić information content (AvgIpc) is 0.918. The molecule has 5 heavy (non-hydrogen) atoms. The first kappa shape index (κ1) is 16.0. The Bertz CT molecular complexity index is 15.1. The molecule has 0 aliphatic carbocycles. The van der Waals surface area contributed by atoms with Crippen molar-refractivity contribution in [2.24, 2.45) is 0 Å². The smallest absolute Gasteiger partial charge is 0 e. The van der Waals surface area contributed by atoms with Gasteiger partial charge in [0.2, 0.25) is 0 Å². The summed E-state index contributed by atoms with van der Waals surface area (Å²) in [7, 11) is 0. The van der Waals surface area contributed by atoms with E-state index < -0.39 is 0 Å². The van der Waals surface area contributed by atoms with Gasteiger partial charge in [0.15, 0.2) is 0 Å². The van der Waals surface area contributed by atoms with Gasteiger partial charge < -0.3 is 4.79 Å². The van der Waals surface area contributed by atoms with Crippen molar-refractivity contribution in [2.45, 2.75) is 6.92 Å². The zero-order chi connectivity index (χ0) is 2.71. The minimum Gasteiger partial charge on any atom is -0.542 e. The SMILES string of the molecule is C[C-]=O.[Cd].[Cd]. The van der Waals surface area contributed by atoms with Crippen molar-refractivity contribution in [1.29, 1.82) is 0 Å². The molecule has 3 heteroatoms. The van der Waals surface area contributed by atoms with Crippen LogP contribution in [0.25, 0.3) is 0 Å². The molecule has 0 N–H and O–H groups in total. The van der Waals surface area contributed by atoms with Gasteiger partial charge in [-0.1, -0.05) is 0 Å². The van der Waals surface area contributed by atoms with Gasteiger partial charge in [0, 0.05) is 54.6 Å². The van der Waals surface area contributed by atoms with Crippen molar-refractivity contribution in [3.05, 3.63) is 0 Å². The maximum absolute atomic E-state index is 8.68. The average molecular weight is 268 g/mol. The molecular weight excluding hydrogens is 265 g/mol. The third-order valence-electron chi connectivity index (χ3n) is 0. The Morgan fingerprint density at radius 3 is 1.40 bits per heavy atom. The molecule has 1 nitrogen and oxygen atoms in total. The van der Waals surface area contributed by atoms with Gasteiger partial charge in [-0.25, -0.2) is 0 Å². The normalized spacial score (nSPS) is 2.60. The van der Waals surface area contributed by atoms with E-state index in [1.807, 2.05) is 0 Å². The summed E-state index contributed by atoms with van der Waals surface area (Å²) in [5, 5.41) is 0. The molecule has 0 bridgehead atoms. The molecule has 0 atom stereocenters. The van der Waals surface area contributed by atoms with Gasteiger partial charge in [0.25, 0.3) is 0 Å². The summed E-state index contributed by atoms with van der Waals surface area (Å²) in [6.07, 6.45) is 1.50. The van der Waals surface area contributed by atoms with E-state index >= 15 is 0 Å². The standard InChI is InChI=1S/C2H3O.2Cd/c1-2-3;;/h1H3;;/q-1;;. The van der Waals surface area contributed by atoms with Crippen LogP contribution in [-0.4, -0.2) is 6.29 Å². The molecule has 0 amide bonds. The first-order chi connectivity index (χ1) is 1.41. The third kappa shape index (κ3) is 29.7. The van der Waals surface area contributed by atoms with Crippen molar-refractivity contribution >= 4 is 6.29 Å². The Labute approximate surface area is 71.8 Å². The predicted molar refractivity (Wildman–Crippen MR) is 11.4 cm³/mol. The molecule has 0 fully saturated rings. The Balaban J connectivity index is -0.0000000200. The molecule has 0 aromatic rings. The molecule has 0 unspecified atom stereocenters. The summed E-state index contributed by atoms with van der Waals surface area (Å²) in [5.74, 6) is 0. The van der Waals surface area contributed by atoms with Crippen LogP contribution in [0.2, 0.25) is 0 Å². The fraction of sp³-hybridized carbons (Fsp3) is 0.500. The van der Waals surface area contributed by atoms with Crippen LogP contribution in [0.4, 0.5) is 0 Å². The molecule has 0 aromatic heterocycles. The van der Waals surface area contributed by atoms with Crippen molar-refractivity contribution in [2.75, 3.05) is 0 Å². The second kappa shape index (κ2) is 17.8. The summed E-state index contributed by atoms with van der Waals surface area (Å²) in [6, 6.07) is 0. The van der Waals surface area contributed by atoms with E-state index in [1.54, 1.807) is 0 Å². The second-order valence-corrected chi connectivity index (χ2v) is 0.204. The van der Waals surface area contributed by atoms with Crippen LogP contribution in [-0.2, 0) is 59.4 Å². The summed E-state index contributed by atoms with van der Waals surface area (Å²) < 4.78 is 0. The number of hydrogen-bond donors (Lipinski definition) is 0. The molecule has 0 spiro atoms. The molecule has 0 radical (unpaired) electrons. The quantitative estimate of drug-likeness (QED) is 0.450. The van der Waals surface area contributed by atoms with Crippen LogP contribution in [0, 0.1) is 0 Å². The van der Waals surface area contributed by atoms with Gasteiger partial charge in [-0.2, -0.15) is 6.92 Å². The van der Waals surface area contributed by atoms with Crippen molar-refractivity contribution in [1.82, 2.24) is 0 Å².